The number of ether oxygens (including phenoxy) is 1. The molecule has 2 aromatic rings. The van der Waals surface area contributed by atoms with Gasteiger partial charge in [0.1, 0.15) is 6.07 Å². The van der Waals surface area contributed by atoms with Crippen LogP contribution in [0.4, 0.5) is 5.69 Å². The molecular weight excluding hydrogens is 260 g/mol. The summed E-state index contributed by atoms with van der Waals surface area (Å²) in [5, 5.41) is 20.0. The number of hydrogen-bond donors (Lipinski definition) is 0. The minimum Gasteiger partial charge on any atom is -0.429 e. The Morgan fingerprint density at radius 1 is 1.30 bits per heavy atom. The number of nitrogens with zero attached hydrogens (tertiary/aromatic N) is 4. The molecule has 0 aliphatic carbocycles. The number of nitriles is 1. The average molecular weight is 270 g/mol. The lowest BCUT2D eigenvalue weighted by molar-refractivity contribution is -0.385. The molecule has 7 heteroatoms. The van der Waals surface area contributed by atoms with E-state index in [9.17, 15) is 10.1 Å². The molecule has 1 aromatic heterocycles. The van der Waals surface area contributed by atoms with E-state index in [1.54, 1.807) is 19.9 Å². The van der Waals surface area contributed by atoms with Gasteiger partial charge in [0, 0.05) is 18.5 Å². The van der Waals surface area contributed by atoms with Crippen LogP contribution < -0.4 is 4.74 Å². The summed E-state index contributed by atoms with van der Waals surface area (Å²) in [4.78, 5) is 18.2. The van der Waals surface area contributed by atoms with E-state index in [0.717, 1.165) is 5.56 Å². The molecule has 0 spiro atoms. The Kier molecular flexibility index (Phi) is 3.57. The quantitative estimate of drug-likeness (QED) is 0.627. The smallest absolute Gasteiger partial charge is 0.312 e. The Morgan fingerprint density at radius 3 is 2.65 bits per heavy atom. The second-order valence-electron chi connectivity index (χ2n) is 4.11. The van der Waals surface area contributed by atoms with Crippen molar-refractivity contribution in [2.45, 2.75) is 13.8 Å². The van der Waals surface area contributed by atoms with Gasteiger partial charge in [-0.15, -0.1) is 0 Å². The standard InChI is InChI=1S/C13H10N4O3/c1-8-5-9(2)12(11(6-8)17(18)19)20-13-10(7-14)15-3-4-16-13/h3-6H,1-2H3. The first-order valence-electron chi connectivity index (χ1n) is 5.67. The van der Waals surface area contributed by atoms with Crippen LogP contribution in [-0.2, 0) is 0 Å². The number of hydrogen-bond acceptors (Lipinski definition) is 6. The maximum atomic E-state index is 11.1. The Morgan fingerprint density at radius 2 is 2.00 bits per heavy atom. The zero-order valence-electron chi connectivity index (χ0n) is 10.8. The van der Waals surface area contributed by atoms with Gasteiger partial charge < -0.3 is 4.74 Å². The van der Waals surface area contributed by atoms with Crippen LogP contribution in [-0.4, -0.2) is 14.9 Å². The Bertz CT molecular complexity index is 722. The molecule has 1 heterocycles. The van der Waals surface area contributed by atoms with Gasteiger partial charge in [0.05, 0.1) is 4.92 Å². The minimum absolute atomic E-state index is 0.0261. The highest BCUT2D eigenvalue weighted by Gasteiger charge is 2.21. The molecule has 0 unspecified atom stereocenters. The normalized spacial score (nSPS) is 9.85. The lowest BCUT2D eigenvalue weighted by atomic mass is 10.1. The topological polar surface area (TPSA) is 102 Å². The third kappa shape index (κ3) is 2.54. The van der Waals surface area contributed by atoms with Crippen molar-refractivity contribution < 1.29 is 9.66 Å². The van der Waals surface area contributed by atoms with Gasteiger partial charge in [-0.1, -0.05) is 6.07 Å². The monoisotopic (exact) mass is 270 g/mol. The van der Waals surface area contributed by atoms with Gasteiger partial charge in [0.2, 0.25) is 11.4 Å². The molecule has 0 N–H and O–H groups in total. The number of nitro benzene ring substituents is 1. The molecule has 0 amide bonds. The predicted molar refractivity (Wildman–Crippen MR) is 69.4 cm³/mol. The van der Waals surface area contributed by atoms with E-state index in [2.05, 4.69) is 9.97 Å². The Balaban J connectivity index is 2.54. The molecule has 0 atom stereocenters. The van der Waals surface area contributed by atoms with Crippen LogP contribution in [0.1, 0.15) is 16.8 Å². The molecule has 20 heavy (non-hydrogen) atoms. The van der Waals surface area contributed by atoms with Crippen molar-refractivity contribution in [3.63, 3.8) is 0 Å². The van der Waals surface area contributed by atoms with Crippen LogP contribution in [0.15, 0.2) is 24.5 Å². The van der Waals surface area contributed by atoms with Crippen LogP contribution in [0.2, 0.25) is 0 Å². The molecule has 1 aromatic carbocycles. The second-order valence-corrected chi connectivity index (χ2v) is 4.11. The molecule has 7 nitrogen and oxygen atoms in total. The lowest BCUT2D eigenvalue weighted by Crippen LogP contribution is -2.00. The first-order chi connectivity index (χ1) is 9.52. The third-order valence-corrected chi connectivity index (χ3v) is 2.57. The summed E-state index contributed by atoms with van der Waals surface area (Å²) in [5.41, 5.74) is 1.14. The van der Waals surface area contributed by atoms with E-state index in [0.29, 0.717) is 5.56 Å². The molecule has 2 rings (SSSR count). The molecular formula is C13H10N4O3. The summed E-state index contributed by atoms with van der Waals surface area (Å²) in [7, 11) is 0. The van der Waals surface area contributed by atoms with Crippen molar-refractivity contribution >= 4 is 5.69 Å². The number of aromatic nitrogens is 2. The van der Waals surface area contributed by atoms with Crippen LogP contribution in [0.25, 0.3) is 0 Å². The van der Waals surface area contributed by atoms with E-state index >= 15 is 0 Å². The van der Waals surface area contributed by atoms with Crippen LogP contribution in [0, 0.1) is 35.3 Å². The molecule has 0 aliphatic heterocycles. The minimum atomic E-state index is -0.530. The van der Waals surface area contributed by atoms with Crippen molar-refractivity contribution in [1.29, 1.82) is 5.26 Å². The van der Waals surface area contributed by atoms with Crippen molar-refractivity contribution in [3.8, 4) is 17.7 Å². The van der Waals surface area contributed by atoms with Gasteiger partial charge in [-0.25, -0.2) is 9.97 Å². The van der Waals surface area contributed by atoms with E-state index in [1.807, 2.05) is 6.07 Å². The van der Waals surface area contributed by atoms with Crippen molar-refractivity contribution in [3.05, 3.63) is 51.5 Å². The third-order valence-electron chi connectivity index (χ3n) is 2.57. The summed E-state index contributed by atoms with van der Waals surface area (Å²) in [5.74, 6) is 0.0163. The highest BCUT2D eigenvalue weighted by molar-refractivity contribution is 5.55. The Labute approximate surface area is 114 Å². The van der Waals surface area contributed by atoms with Gasteiger partial charge >= 0.3 is 5.69 Å². The van der Waals surface area contributed by atoms with Crippen LogP contribution >= 0.6 is 0 Å². The summed E-state index contributed by atoms with van der Waals surface area (Å²) in [6, 6.07) is 4.99. The molecule has 100 valence electrons. The number of nitro groups is 1. The number of rotatable bonds is 3. The molecule has 0 radical (unpaired) electrons. The van der Waals surface area contributed by atoms with Gasteiger partial charge in [-0.3, -0.25) is 10.1 Å². The largest absolute Gasteiger partial charge is 0.429 e. The zero-order valence-corrected chi connectivity index (χ0v) is 10.8. The molecule has 0 fully saturated rings. The molecule has 0 bridgehead atoms. The highest BCUT2D eigenvalue weighted by atomic mass is 16.6. The van der Waals surface area contributed by atoms with Crippen LogP contribution in [0.5, 0.6) is 11.6 Å². The van der Waals surface area contributed by atoms with Crippen molar-refractivity contribution in [2.24, 2.45) is 0 Å². The van der Waals surface area contributed by atoms with Gasteiger partial charge in [-0.05, 0) is 25.0 Å². The van der Waals surface area contributed by atoms with E-state index in [1.165, 1.54) is 18.5 Å². The second kappa shape index (κ2) is 5.32. The maximum Gasteiger partial charge on any atom is 0.312 e. The Hall–Kier alpha value is -3.01. The highest BCUT2D eigenvalue weighted by Crippen LogP contribution is 2.35. The van der Waals surface area contributed by atoms with Gasteiger partial charge in [-0.2, -0.15) is 5.26 Å². The van der Waals surface area contributed by atoms with E-state index in [-0.39, 0.29) is 23.0 Å². The van der Waals surface area contributed by atoms with Gasteiger partial charge in [0.25, 0.3) is 5.88 Å². The van der Waals surface area contributed by atoms with Crippen LogP contribution in [0.3, 0.4) is 0 Å². The predicted octanol–water partition coefficient (Wildman–Crippen LogP) is 2.67. The van der Waals surface area contributed by atoms with E-state index < -0.39 is 4.92 Å². The molecule has 0 saturated carbocycles. The zero-order chi connectivity index (χ0) is 14.7. The molecule has 0 saturated heterocycles. The fraction of sp³-hybridized carbons (Fsp3) is 0.154. The maximum absolute atomic E-state index is 11.1. The van der Waals surface area contributed by atoms with Gasteiger partial charge in [0.15, 0.2) is 0 Å². The van der Waals surface area contributed by atoms with Crippen molar-refractivity contribution in [2.75, 3.05) is 0 Å². The summed E-state index contributed by atoms with van der Waals surface area (Å²) in [6.07, 6.45) is 2.70. The van der Waals surface area contributed by atoms with E-state index in [4.69, 9.17) is 10.00 Å². The fourth-order valence-corrected chi connectivity index (χ4v) is 1.77. The summed E-state index contributed by atoms with van der Waals surface area (Å²) in [6.45, 7) is 3.45. The summed E-state index contributed by atoms with van der Waals surface area (Å²) < 4.78 is 5.44. The number of benzene rings is 1. The summed E-state index contributed by atoms with van der Waals surface area (Å²) >= 11 is 0. The molecule has 0 aliphatic rings. The first-order valence-corrected chi connectivity index (χ1v) is 5.67. The lowest BCUT2D eigenvalue weighted by Gasteiger charge is -2.09. The van der Waals surface area contributed by atoms with Crippen molar-refractivity contribution in [1.82, 2.24) is 9.97 Å². The average Bonchev–Trinajstić information content (AvgIpc) is 2.41. The first kappa shape index (κ1) is 13.4. The SMILES string of the molecule is Cc1cc(C)c(Oc2nccnc2C#N)c([N+](=O)[O-])c1. The fourth-order valence-electron chi connectivity index (χ4n) is 1.77. The number of aryl methyl sites for hydroxylation is 2.